The van der Waals surface area contributed by atoms with E-state index >= 15 is 0 Å². The lowest BCUT2D eigenvalue weighted by Crippen LogP contribution is -2.28. The molecular weight excluding hydrogens is 374 g/mol. The van der Waals surface area contributed by atoms with Gasteiger partial charge in [0.05, 0.1) is 5.56 Å². The number of thiophene rings is 1. The predicted molar refractivity (Wildman–Crippen MR) is 107 cm³/mol. The summed E-state index contributed by atoms with van der Waals surface area (Å²) in [6.07, 6.45) is 3.34. The van der Waals surface area contributed by atoms with Gasteiger partial charge in [-0.05, 0) is 46.8 Å². The van der Waals surface area contributed by atoms with E-state index in [1.165, 1.54) is 11.3 Å². The van der Waals surface area contributed by atoms with Gasteiger partial charge in [-0.25, -0.2) is 4.79 Å². The van der Waals surface area contributed by atoms with Crippen LogP contribution in [0.15, 0.2) is 60.2 Å². The minimum absolute atomic E-state index is 0.287. The number of carbonyl (C=O) groups excluding carboxylic acids is 2. The quantitative estimate of drug-likeness (QED) is 0.599. The van der Waals surface area contributed by atoms with Crippen LogP contribution in [-0.2, 0) is 13.1 Å². The van der Waals surface area contributed by atoms with Crippen molar-refractivity contribution in [2.24, 2.45) is 0 Å². The summed E-state index contributed by atoms with van der Waals surface area (Å²) in [5.41, 5.74) is 2.76. The maximum Gasteiger partial charge on any atom is 0.319 e. The van der Waals surface area contributed by atoms with E-state index in [9.17, 15) is 9.59 Å². The van der Waals surface area contributed by atoms with Gasteiger partial charge in [-0.3, -0.25) is 9.78 Å². The Morgan fingerprint density at radius 1 is 1.04 bits per heavy atom. The standard InChI is InChI=1S/C20H17N5O2S/c21-11-16-6-9-28-18(16)19(26)23-13-15-2-1-3-17(10-15)25-20(27)24-12-14-4-7-22-8-5-14/h1-10H,12-13H2,(H,23,26)(H2,24,25,27). The molecule has 3 N–H and O–H groups in total. The van der Waals surface area contributed by atoms with E-state index in [1.54, 1.807) is 42.0 Å². The summed E-state index contributed by atoms with van der Waals surface area (Å²) < 4.78 is 0. The molecule has 0 saturated heterocycles. The number of nitrogens with one attached hydrogen (secondary N) is 3. The van der Waals surface area contributed by atoms with Crippen LogP contribution in [0.2, 0.25) is 0 Å². The Kier molecular flexibility index (Phi) is 6.33. The van der Waals surface area contributed by atoms with E-state index in [4.69, 9.17) is 5.26 Å². The maximum atomic E-state index is 12.2. The number of rotatable bonds is 6. The van der Waals surface area contributed by atoms with Crippen LogP contribution in [0.1, 0.15) is 26.4 Å². The number of nitriles is 1. The third kappa shape index (κ3) is 5.16. The van der Waals surface area contributed by atoms with Gasteiger partial charge in [0.1, 0.15) is 10.9 Å². The van der Waals surface area contributed by atoms with Crippen molar-refractivity contribution < 1.29 is 9.59 Å². The van der Waals surface area contributed by atoms with Crippen molar-refractivity contribution in [1.82, 2.24) is 15.6 Å². The van der Waals surface area contributed by atoms with E-state index in [2.05, 4.69) is 20.9 Å². The summed E-state index contributed by atoms with van der Waals surface area (Å²) in [5, 5.41) is 19.0. The lowest BCUT2D eigenvalue weighted by molar-refractivity contribution is 0.0954. The molecule has 8 heteroatoms. The lowest BCUT2D eigenvalue weighted by atomic mass is 10.2. The molecule has 0 atom stereocenters. The fourth-order valence-corrected chi connectivity index (χ4v) is 3.21. The Balaban J connectivity index is 1.53. The molecule has 0 spiro atoms. The Morgan fingerprint density at radius 2 is 1.82 bits per heavy atom. The van der Waals surface area contributed by atoms with Crippen molar-refractivity contribution in [3.05, 3.63) is 81.8 Å². The zero-order valence-corrected chi connectivity index (χ0v) is 15.6. The van der Waals surface area contributed by atoms with E-state index in [0.717, 1.165) is 11.1 Å². The molecule has 3 aromatic rings. The molecule has 0 saturated carbocycles. The average molecular weight is 391 g/mol. The van der Waals surface area contributed by atoms with E-state index in [1.807, 2.05) is 24.3 Å². The number of amides is 3. The van der Waals surface area contributed by atoms with Gasteiger partial charge in [-0.2, -0.15) is 5.26 Å². The largest absolute Gasteiger partial charge is 0.347 e. The third-order valence-corrected chi connectivity index (χ3v) is 4.75. The predicted octanol–water partition coefficient (Wildman–Crippen LogP) is 3.27. The van der Waals surface area contributed by atoms with E-state index in [0.29, 0.717) is 22.7 Å². The van der Waals surface area contributed by atoms with Crippen molar-refractivity contribution in [2.45, 2.75) is 13.1 Å². The molecule has 0 aliphatic heterocycles. The summed E-state index contributed by atoms with van der Waals surface area (Å²) in [5.74, 6) is -0.292. The highest BCUT2D eigenvalue weighted by Gasteiger charge is 2.12. The summed E-state index contributed by atoms with van der Waals surface area (Å²) in [4.78, 5) is 28.6. The molecule has 0 radical (unpaired) electrons. The third-order valence-electron chi connectivity index (χ3n) is 3.83. The summed E-state index contributed by atoms with van der Waals surface area (Å²) in [7, 11) is 0. The molecular formula is C20H17N5O2S. The van der Waals surface area contributed by atoms with E-state index < -0.39 is 0 Å². The molecule has 1 aromatic carbocycles. The molecule has 140 valence electrons. The molecule has 3 rings (SSSR count). The van der Waals surface area contributed by atoms with Crippen LogP contribution in [-0.4, -0.2) is 16.9 Å². The molecule has 0 unspecified atom stereocenters. The van der Waals surface area contributed by atoms with Gasteiger partial charge in [0.2, 0.25) is 0 Å². The van der Waals surface area contributed by atoms with Crippen LogP contribution < -0.4 is 16.0 Å². The smallest absolute Gasteiger partial charge is 0.319 e. The summed E-state index contributed by atoms with van der Waals surface area (Å²) >= 11 is 1.23. The summed E-state index contributed by atoms with van der Waals surface area (Å²) in [6, 6.07) is 14.1. The Labute approximate surface area is 166 Å². The maximum absolute atomic E-state index is 12.2. The highest BCUT2D eigenvalue weighted by Crippen LogP contribution is 2.16. The SMILES string of the molecule is N#Cc1ccsc1C(=O)NCc1cccc(NC(=O)NCc2ccncc2)c1. The van der Waals surface area contributed by atoms with Crippen LogP contribution in [0.5, 0.6) is 0 Å². The second-order valence-corrected chi connectivity index (χ2v) is 6.74. The van der Waals surface area contributed by atoms with Gasteiger partial charge < -0.3 is 16.0 Å². The van der Waals surface area contributed by atoms with Gasteiger partial charge in [0, 0.05) is 31.2 Å². The van der Waals surface area contributed by atoms with Crippen molar-refractivity contribution in [2.75, 3.05) is 5.32 Å². The fourth-order valence-electron chi connectivity index (χ4n) is 2.45. The first-order valence-corrected chi connectivity index (χ1v) is 9.32. The zero-order chi connectivity index (χ0) is 19.8. The number of hydrogen-bond acceptors (Lipinski definition) is 5. The second-order valence-electron chi connectivity index (χ2n) is 5.82. The number of anilines is 1. The van der Waals surface area contributed by atoms with Gasteiger partial charge >= 0.3 is 6.03 Å². The minimum atomic E-state index is -0.324. The molecule has 2 heterocycles. The topological polar surface area (TPSA) is 107 Å². The first kappa shape index (κ1) is 19.1. The number of pyridine rings is 1. The summed E-state index contributed by atoms with van der Waals surface area (Å²) in [6.45, 7) is 0.682. The molecule has 28 heavy (non-hydrogen) atoms. The normalized spacial score (nSPS) is 9.96. The van der Waals surface area contributed by atoms with Crippen molar-refractivity contribution in [3.63, 3.8) is 0 Å². The van der Waals surface area contributed by atoms with Crippen molar-refractivity contribution in [1.29, 1.82) is 5.26 Å². The van der Waals surface area contributed by atoms with Gasteiger partial charge in [-0.15, -0.1) is 11.3 Å². The Hall–Kier alpha value is -3.70. The van der Waals surface area contributed by atoms with Gasteiger partial charge in [0.15, 0.2) is 0 Å². The van der Waals surface area contributed by atoms with Gasteiger partial charge in [0.25, 0.3) is 5.91 Å². The fraction of sp³-hybridized carbons (Fsp3) is 0.100. The number of urea groups is 1. The molecule has 0 bridgehead atoms. The first-order chi connectivity index (χ1) is 13.7. The van der Waals surface area contributed by atoms with Crippen LogP contribution in [0.3, 0.4) is 0 Å². The zero-order valence-electron chi connectivity index (χ0n) is 14.8. The van der Waals surface area contributed by atoms with Crippen LogP contribution in [0, 0.1) is 11.3 Å². The second kappa shape index (κ2) is 9.30. The molecule has 2 aromatic heterocycles. The lowest BCUT2D eigenvalue weighted by Gasteiger charge is -2.10. The van der Waals surface area contributed by atoms with Crippen molar-refractivity contribution in [3.8, 4) is 6.07 Å². The monoisotopic (exact) mass is 391 g/mol. The van der Waals surface area contributed by atoms with Crippen molar-refractivity contribution >= 4 is 29.0 Å². The first-order valence-electron chi connectivity index (χ1n) is 8.44. The number of hydrogen-bond donors (Lipinski definition) is 3. The highest BCUT2D eigenvalue weighted by atomic mass is 32.1. The molecule has 3 amide bonds. The molecule has 0 aliphatic carbocycles. The minimum Gasteiger partial charge on any atom is -0.347 e. The number of nitrogens with zero attached hydrogens (tertiary/aromatic N) is 2. The molecule has 7 nitrogen and oxygen atoms in total. The van der Waals surface area contributed by atoms with Crippen LogP contribution in [0.25, 0.3) is 0 Å². The Bertz CT molecular complexity index is 1010. The average Bonchev–Trinajstić information content (AvgIpc) is 3.20. The van der Waals surface area contributed by atoms with E-state index in [-0.39, 0.29) is 18.5 Å². The number of benzene rings is 1. The van der Waals surface area contributed by atoms with Crippen LogP contribution in [0.4, 0.5) is 10.5 Å². The molecule has 0 fully saturated rings. The Morgan fingerprint density at radius 3 is 2.61 bits per heavy atom. The van der Waals surface area contributed by atoms with Gasteiger partial charge in [-0.1, -0.05) is 12.1 Å². The van der Waals surface area contributed by atoms with Crippen LogP contribution >= 0.6 is 11.3 Å². The number of carbonyl (C=O) groups is 2. The molecule has 0 aliphatic rings. The highest BCUT2D eigenvalue weighted by molar-refractivity contribution is 7.12. The number of aromatic nitrogens is 1.